The van der Waals surface area contributed by atoms with Crippen molar-refractivity contribution in [2.24, 2.45) is 5.92 Å². The number of carbonyl (C=O) groups excluding carboxylic acids is 1. The van der Waals surface area contributed by atoms with Crippen molar-refractivity contribution in [3.05, 3.63) is 34.0 Å². The Morgan fingerprint density at radius 1 is 1.44 bits per heavy atom. The van der Waals surface area contributed by atoms with Crippen LogP contribution in [0.2, 0.25) is 0 Å². The Balaban J connectivity index is 2.23. The minimum absolute atomic E-state index is 0.349. The van der Waals surface area contributed by atoms with Crippen LogP contribution >= 0.6 is 11.3 Å². The number of halogens is 3. The molecule has 1 aromatic heterocycles. The molecule has 0 bridgehead atoms. The van der Waals surface area contributed by atoms with Crippen molar-refractivity contribution in [2.45, 2.75) is 19.0 Å². The smallest absolute Gasteiger partial charge is 0.288 e. The number of carbonyl (C=O) groups is 1. The molecule has 1 fully saturated rings. The Morgan fingerprint density at radius 2 is 2.12 bits per heavy atom. The van der Waals surface area contributed by atoms with Gasteiger partial charge in [-0.3, -0.25) is 4.79 Å². The number of hydrogen-bond donors (Lipinski definition) is 0. The Kier molecular flexibility index (Phi) is 2.88. The molecule has 1 saturated carbocycles. The van der Waals surface area contributed by atoms with Gasteiger partial charge in [0.2, 0.25) is 0 Å². The second kappa shape index (κ2) is 4.05. The maximum atomic E-state index is 12.6. The van der Waals surface area contributed by atoms with Gasteiger partial charge in [0, 0.05) is 5.57 Å². The van der Waals surface area contributed by atoms with Gasteiger partial charge in [-0.05, 0) is 36.3 Å². The van der Waals surface area contributed by atoms with Crippen molar-refractivity contribution in [3.8, 4) is 0 Å². The van der Waals surface area contributed by atoms with E-state index >= 15 is 0 Å². The first-order valence-corrected chi connectivity index (χ1v) is 5.73. The number of ketones is 1. The fourth-order valence-electron chi connectivity index (χ4n) is 1.46. The van der Waals surface area contributed by atoms with Crippen molar-refractivity contribution in [3.63, 3.8) is 0 Å². The van der Waals surface area contributed by atoms with E-state index < -0.39 is 23.5 Å². The van der Waals surface area contributed by atoms with E-state index in [4.69, 9.17) is 0 Å². The van der Waals surface area contributed by atoms with Gasteiger partial charge in [-0.25, -0.2) is 0 Å². The summed E-state index contributed by atoms with van der Waals surface area (Å²) in [5.74, 6) is -1.02. The van der Waals surface area contributed by atoms with Crippen LogP contribution in [0, 0.1) is 5.92 Å². The SMILES string of the molecule is O=C(/C=C(\C1CC1)C(F)(F)F)c1cccs1. The van der Waals surface area contributed by atoms with Crippen LogP contribution in [-0.2, 0) is 0 Å². The average Bonchev–Trinajstić information content (AvgIpc) is 2.85. The molecule has 0 unspecified atom stereocenters. The van der Waals surface area contributed by atoms with Crippen LogP contribution in [0.4, 0.5) is 13.2 Å². The Hall–Kier alpha value is -1.10. The zero-order valence-electron chi connectivity index (χ0n) is 8.25. The summed E-state index contributed by atoms with van der Waals surface area (Å²) in [6, 6.07) is 3.18. The molecule has 2 rings (SSSR count). The first kappa shape index (κ1) is 11.4. The van der Waals surface area contributed by atoms with Crippen LogP contribution in [0.3, 0.4) is 0 Å². The van der Waals surface area contributed by atoms with E-state index in [2.05, 4.69) is 0 Å². The minimum Gasteiger partial charge on any atom is -0.288 e. The molecule has 1 aliphatic carbocycles. The van der Waals surface area contributed by atoms with Crippen LogP contribution in [0.15, 0.2) is 29.2 Å². The molecular formula is C11H9F3OS. The summed E-state index contributed by atoms with van der Waals surface area (Å²) >= 11 is 1.15. The molecule has 0 radical (unpaired) electrons. The van der Waals surface area contributed by atoms with Gasteiger partial charge in [0.25, 0.3) is 0 Å². The van der Waals surface area contributed by atoms with Crippen LogP contribution < -0.4 is 0 Å². The summed E-state index contributed by atoms with van der Waals surface area (Å²) < 4.78 is 37.8. The molecule has 0 N–H and O–H groups in total. The maximum absolute atomic E-state index is 12.6. The molecule has 1 aromatic rings. The number of alkyl halides is 3. The quantitative estimate of drug-likeness (QED) is 0.585. The van der Waals surface area contributed by atoms with Crippen molar-refractivity contribution in [1.82, 2.24) is 0 Å². The summed E-state index contributed by atoms with van der Waals surface area (Å²) in [6.07, 6.45) is -2.57. The molecule has 0 amide bonds. The lowest BCUT2D eigenvalue weighted by molar-refractivity contribution is -0.0955. The number of allylic oxidation sites excluding steroid dienone is 2. The number of thiophene rings is 1. The van der Waals surface area contributed by atoms with Crippen LogP contribution in [0.1, 0.15) is 22.5 Å². The fraction of sp³-hybridized carbons (Fsp3) is 0.364. The summed E-state index contributed by atoms with van der Waals surface area (Å²) in [5.41, 5.74) is -0.675. The second-order valence-electron chi connectivity index (χ2n) is 3.71. The van der Waals surface area contributed by atoms with Gasteiger partial charge in [-0.2, -0.15) is 13.2 Å². The van der Waals surface area contributed by atoms with E-state index in [9.17, 15) is 18.0 Å². The fourth-order valence-corrected chi connectivity index (χ4v) is 2.09. The maximum Gasteiger partial charge on any atom is 0.413 e. The molecule has 16 heavy (non-hydrogen) atoms. The first-order valence-electron chi connectivity index (χ1n) is 4.85. The van der Waals surface area contributed by atoms with Gasteiger partial charge in [0.1, 0.15) is 0 Å². The van der Waals surface area contributed by atoms with Gasteiger partial charge in [-0.15, -0.1) is 11.3 Å². The highest BCUT2D eigenvalue weighted by atomic mass is 32.1. The van der Waals surface area contributed by atoms with E-state index in [1.807, 2.05) is 0 Å². The average molecular weight is 246 g/mol. The predicted molar refractivity (Wildman–Crippen MR) is 55.5 cm³/mol. The van der Waals surface area contributed by atoms with Crippen LogP contribution in [0.25, 0.3) is 0 Å². The molecule has 1 nitrogen and oxygen atoms in total. The van der Waals surface area contributed by atoms with Gasteiger partial charge < -0.3 is 0 Å². The van der Waals surface area contributed by atoms with E-state index in [1.54, 1.807) is 11.4 Å². The van der Waals surface area contributed by atoms with Gasteiger partial charge in [0.05, 0.1) is 4.88 Å². The summed E-state index contributed by atoms with van der Waals surface area (Å²) in [7, 11) is 0. The third kappa shape index (κ3) is 2.52. The minimum atomic E-state index is -4.38. The zero-order valence-corrected chi connectivity index (χ0v) is 9.07. The number of rotatable bonds is 3. The lowest BCUT2D eigenvalue weighted by Gasteiger charge is -2.09. The lowest BCUT2D eigenvalue weighted by Crippen LogP contribution is -2.15. The molecule has 1 aliphatic rings. The van der Waals surface area contributed by atoms with Crippen molar-refractivity contribution >= 4 is 17.1 Å². The largest absolute Gasteiger partial charge is 0.413 e. The van der Waals surface area contributed by atoms with Crippen LogP contribution in [0.5, 0.6) is 0 Å². The molecule has 0 saturated heterocycles. The normalized spacial score (nSPS) is 17.6. The molecule has 0 aromatic carbocycles. The van der Waals surface area contributed by atoms with E-state index in [0.717, 1.165) is 17.4 Å². The first-order chi connectivity index (χ1) is 7.48. The topological polar surface area (TPSA) is 17.1 Å². The molecule has 0 atom stereocenters. The Bertz CT molecular complexity index is 413. The zero-order chi connectivity index (χ0) is 11.8. The van der Waals surface area contributed by atoms with Gasteiger partial charge in [0.15, 0.2) is 5.78 Å². The van der Waals surface area contributed by atoms with Crippen LogP contribution in [-0.4, -0.2) is 12.0 Å². The molecule has 0 aliphatic heterocycles. The molecule has 0 spiro atoms. The highest BCUT2D eigenvalue weighted by Gasteiger charge is 2.43. The third-order valence-electron chi connectivity index (χ3n) is 2.40. The third-order valence-corrected chi connectivity index (χ3v) is 3.28. The summed E-state index contributed by atoms with van der Waals surface area (Å²) in [5, 5.41) is 1.67. The summed E-state index contributed by atoms with van der Waals surface area (Å²) in [4.78, 5) is 11.9. The number of hydrogen-bond acceptors (Lipinski definition) is 2. The van der Waals surface area contributed by atoms with Crippen molar-refractivity contribution in [2.75, 3.05) is 0 Å². The Labute approximate surface area is 94.6 Å². The van der Waals surface area contributed by atoms with Crippen molar-refractivity contribution < 1.29 is 18.0 Å². The molecular weight excluding hydrogens is 237 g/mol. The standard InChI is InChI=1S/C11H9F3OS/c12-11(13,14)8(7-3-4-7)6-9(15)10-2-1-5-16-10/h1-2,5-7H,3-4H2/b8-6+. The molecule has 5 heteroatoms. The Morgan fingerprint density at radius 3 is 2.56 bits per heavy atom. The molecule has 1 heterocycles. The highest BCUT2D eigenvalue weighted by Crippen LogP contribution is 2.44. The van der Waals surface area contributed by atoms with Gasteiger partial charge >= 0.3 is 6.18 Å². The highest BCUT2D eigenvalue weighted by molar-refractivity contribution is 7.12. The monoisotopic (exact) mass is 246 g/mol. The summed E-state index contributed by atoms with van der Waals surface area (Å²) in [6.45, 7) is 0. The second-order valence-corrected chi connectivity index (χ2v) is 4.66. The predicted octanol–water partition coefficient (Wildman–Crippen LogP) is 3.83. The van der Waals surface area contributed by atoms with Crippen molar-refractivity contribution in [1.29, 1.82) is 0 Å². The van der Waals surface area contributed by atoms with E-state index in [1.165, 1.54) is 6.07 Å². The van der Waals surface area contributed by atoms with E-state index in [0.29, 0.717) is 17.7 Å². The van der Waals surface area contributed by atoms with E-state index in [-0.39, 0.29) is 0 Å². The lowest BCUT2D eigenvalue weighted by atomic mass is 10.1. The molecule has 86 valence electrons. The van der Waals surface area contributed by atoms with Gasteiger partial charge in [-0.1, -0.05) is 6.07 Å².